The summed E-state index contributed by atoms with van der Waals surface area (Å²) in [5.74, 6) is -0.0680. The van der Waals surface area contributed by atoms with Crippen LogP contribution in [0.1, 0.15) is 0 Å². The fraction of sp³-hybridized carbons (Fsp3) is 0. The lowest BCUT2D eigenvalue weighted by molar-refractivity contribution is -0.123. The highest BCUT2D eigenvalue weighted by molar-refractivity contribution is 5.83. The number of ether oxygens (including phenoxy) is 2. The first-order chi connectivity index (χ1) is 8.24. The van der Waals surface area contributed by atoms with Gasteiger partial charge in [-0.15, -0.1) is 0 Å². The summed E-state index contributed by atoms with van der Waals surface area (Å²) in [6, 6.07) is 5.95. The largest absolute Gasteiger partial charge is 0.508 e. The highest BCUT2D eigenvalue weighted by atomic mass is 16.6. The predicted molar refractivity (Wildman–Crippen MR) is 56.8 cm³/mol. The van der Waals surface area contributed by atoms with E-state index < -0.39 is 0 Å². The lowest BCUT2D eigenvalue weighted by Crippen LogP contribution is -1.98. The highest BCUT2D eigenvalue weighted by Crippen LogP contribution is 2.30. The van der Waals surface area contributed by atoms with Gasteiger partial charge >= 0.3 is 0 Å². The standard InChI is InChI=1S/C11H7NO5/c13-5-16-10-3-7-1-2-8(15)4-9(7)12-11(10)17-6-14/h1-6,15H. The van der Waals surface area contributed by atoms with Gasteiger partial charge in [0.1, 0.15) is 5.75 Å². The van der Waals surface area contributed by atoms with Gasteiger partial charge in [-0.1, -0.05) is 0 Å². The van der Waals surface area contributed by atoms with E-state index in [2.05, 4.69) is 14.5 Å². The Morgan fingerprint density at radius 2 is 1.88 bits per heavy atom. The second-order valence-electron chi connectivity index (χ2n) is 3.10. The van der Waals surface area contributed by atoms with Gasteiger partial charge in [-0.05, 0) is 18.2 Å². The van der Waals surface area contributed by atoms with Gasteiger partial charge in [0.15, 0.2) is 5.75 Å². The van der Waals surface area contributed by atoms with Crippen LogP contribution in [0.25, 0.3) is 10.9 Å². The molecule has 0 fully saturated rings. The van der Waals surface area contributed by atoms with Crippen LogP contribution in [0, 0.1) is 0 Å². The van der Waals surface area contributed by atoms with Crippen molar-refractivity contribution in [3.63, 3.8) is 0 Å². The summed E-state index contributed by atoms with van der Waals surface area (Å²) < 4.78 is 9.22. The van der Waals surface area contributed by atoms with Crippen molar-refractivity contribution in [1.29, 1.82) is 0 Å². The van der Waals surface area contributed by atoms with Gasteiger partial charge in [0, 0.05) is 11.5 Å². The van der Waals surface area contributed by atoms with Gasteiger partial charge in [-0.3, -0.25) is 9.59 Å². The Balaban J connectivity index is 2.62. The van der Waals surface area contributed by atoms with E-state index in [1.165, 1.54) is 18.2 Å². The summed E-state index contributed by atoms with van der Waals surface area (Å²) in [5, 5.41) is 9.92. The van der Waals surface area contributed by atoms with Gasteiger partial charge < -0.3 is 14.6 Å². The van der Waals surface area contributed by atoms with E-state index >= 15 is 0 Å². The molecule has 0 aliphatic rings. The Bertz CT molecular complexity index is 581. The molecule has 6 nitrogen and oxygen atoms in total. The zero-order valence-electron chi connectivity index (χ0n) is 8.49. The number of aromatic nitrogens is 1. The number of phenolic OH excluding ortho intramolecular Hbond substituents is 1. The van der Waals surface area contributed by atoms with Crippen LogP contribution in [-0.4, -0.2) is 23.0 Å². The van der Waals surface area contributed by atoms with Crippen LogP contribution in [0.15, 0.2) is 24.3 Å². The molecule has 0 aliphatic heterocycles. The number of benzene rings is 1. The van der Waals surface area contributed by atoms with E-state index in [1.54, 1.807) is 6.07 Å². The lowest BCUT2D eigenvalue weighted by Gasteiger charge is -2.06. The summed E-state index contributed by atoms with van der Waals surface area (Å²) in [6.45, 7) is 0.384. The third-order valence-corrected chi connectivity index (χ3v) is 2.07. The van der Waals surface area contributed by atoms with E-state index in [4.69, 9.17) is 0 Å². The maximum Gasteiger partial charge on any atom is 0.299 e. The number of nitrogens with zero attached hydrogens (tertiary/aromatic N) is 1. The minimum Gasteiger partial charge on any atom is -0.508 e. The molecule has 1 N–H and O–H groups in total. The summed E-state index contributed by atoms with van der Waals surface area (Å²) in [5.41, 5.74) is 0.417. The molecule has 1 aromatic heterocycles. The second-order valence-corrected chi connectivity index (χ2v) is 3.10. The monoisotopic (exact) mass is 233 g/mol. The molecule has 0 unspecified atom stereocenters. The Morgan fingerprint density at radius 3 is 2.59 bits per heavy atom. The van der Waals surface area contributed by atoms with Crippen molar-refractivity contribution >= 4 is 23.8 Å². The summed E-state index contributed by atoms with van der Waals surface area (Å²) in [7, 11) is 0. The molecule has 0 saturated carbocycles. The fourth-order valence-electron chi connectivity index (χ4n) is 1.38. The third-order valence-electron chi connectivity index (χ3n) is 2.07. The Hall–Kier alpha value is -2.63. The number of aromatic hydroxyl groups is 1. The minimum absolute atomic E-state index is 0.0327. The smallest absolute Gasteiger partial charge is 0.299 e. The van der Waals surface area contributed by atoms with E-state index in [9.17, 15) is 14.7 Å². The number of fused-ring (bicyclic) bond motifs is 1. The van der Waals surface area contributed by atoms with Crippen LogP contribution < -0.4 is 9.47 Å². The SMILES string of the molecule is O=COc1cc2ccc(O)cc2nc1OC=O. The molecule has 17 heavy (non-hydrogen) atoms. The number of phenols is 1. The third kappa shape index (κ3) is 2.15. The zero-order chi connectivity index (χ0) is 12.3. The molecule has 2 rings (SSSR count). The first kappa shape index (κ1) is 10.9. The van der Waals surface area contributed by atoms with Gasteiger partial charge in [0.05, 0.1) is 5.52 Å². The number of carbonyl (C=O) groups excluding carboxylic acids is 2. The van der Waals surface area contributed by atoms with Crippen molar-refractivity contribution in [2.45, 2.75) is 0 Å². The molecular formula is C11H7NO5. The summed E-state index contributed by atoms with van der Waals surface area (Å²) in [6.07, 6.45) is 0. The normalized spacial score (nSPS) is 9.88. The molecule has 86 valence electrons. The van der Waals surface area contributed by atoms with E-state index in [-0.39, 0.29) is 30.3 Å². The van der Waals surface area contributed by atoms with Gasteiger partial charge in [-0.25, -0.2) is 4.98 Å². The van der Waals surface area contributed by atoms with Crippen molar-refractivity contribution in [3.8, 4) is 17.4 Å². The van der Waals surface area contributed by atoms with Gasteiger partial charge in [0.25, 0.3) is 18.8 Å². The molecule has 0 atom stereocenters. The average molecular weight is 233 g/mol. The molecule has 1 heterocycles. The van der Waals surface area contributed by atoms with Crippen LogP contribution in [0.2, 0.25) is 0 Å². The molecule has 1 aromatic carbocycles. The van der Waals surface area contributed by atoms with Crippen LogP contribution in [0.5, 0.6) is 17.4 Å². The molecule has 0 saturated heterocycles. The van der Waals surface area contributed by atoms with Crippen molar-refractivity contribution in [1.82, 2.24) is 4.98 Å². The summed E-state index contributed by atoms with van der Waals surface area (Å²) in [4.78, 5) is 24.5. The topological polar surface area (TPSA) is 85.7 Å². The first-order valence-electron chi connectivity index (χ1n) is 4.59. The molecule has 0 spiro atoms. The molecule has 0 radical (unpaired) electrons. The minimum atomic E-state index is -0.134. The van der Waals surface area contributed by atoms with Crippen molar-refractivity contribution < 1.29 is 24.2 Å². The highest BCUT2D eigenvalue weighted by Gasteiger charge is 2.10. The average Bonchev–Trinajstić information content (AvgIpc) is 2.31. The molecule has 6 heteroatoms. The van der Waals surface area contributed by atoms with Crippen molar-refractivity contribution in [2.24, 2.45) is 0 Å². The molecule has 0 amide bonds. The fourth-order valence-corrected chi connectivity index (χ4v) is 1.38. The number of carbonyl (C=O) groups is 2. The number of hydrogen-bond acceptors (Lipinski definition) is 6. The zero-order valence-corrected chi connectivity index (χ0v) is 8.49. The first-order valence-corrected chi connectivity index (χ1v) is 4.59. The van der Waals surface area contributed by atoms with Crippen molar-refractivity contribution in [3.05, 3.63) is 24.3 Å². The predicted octanol–water partition coefficient (Wildman–Crippen LogP) is 1.01. The van der Waals surface area contributed by atoms with Gasteiger partial charge in [-0.2, -0.15) is 0 Å². The van der Waals surface area contributed by atoms with Crippen LogP contribution in [-0.2, 0) is 9.59 Å². The van der Waals surface area contributed by atoms with E-state index in [1.807, 2.05) is 0 Å². The molecule has 0 aliphatic carbocycles. The van der Waals surface area contributed by atoms with E-state index in [0.717, 1.165) is 0 Å². The Labute approximate surface area is 95.4 Å². The Kier molecular flexibility index (Phi) is 2.87. The second kappa shape index (κ2) is 4.48. The van der Waals surface area contributed by atoms with Crippen molar-refractivity contribution in [2.75, 3.05) is 0 Å². The van der Waals surface area contributed by atoms with E-state index in [0.29, 0.717) is 10.9 Å². The molecular weight excluding hydrogens is 226 g/mol. The summed E-state index contributed by atoms with van der Waals surface area (Å²) >= 11 is 0. The number of pyridine rings is 1. The number of rotatable bonds is 4. The van der Waals surface area contributed by atoms with Crippen LogP contribution >= 0.6 is 0 Å². The Morgan fingerprint density at radius 1 is 1.12 bits per heavy atom. The van der Waals surface area contributed by atoms with Crippen LogP contribution in [0.3, 0.4) is 0 Å². The maximum absolute atomic E-state index is 10.3. The number of hydrogen-bond donors (Lipinski definition) is 1. The molecule has 2 aromatic rings. The maximum atomic E-state index is 10.3. The van der Waals surface area contributed by atoms with Gasteiger partial charge in [0.2, 0.25) is 0 Å². The molecule has 0 bridgehead atoms. The quantitative estimate of drug-likeness (QED) is 0.793. The lowest BCUT2D eigenvalue weighted by atomic mass is 10.2. The van der Waals surface area contributed by atoms with Crippen LogP contribution in [0.4, 0.5) is 0 Å².